The van der Waals surface area contributed by atoms with Crippen LogP contribution in [0.4, 0.5) is 0 Å². The van der Waals surface area contributed by atoms with Crippen molar-refractivity contribution in [3.05, 3.63) is 30.3 Å². The van der Waals surface area contributed by atoms with Gasteiger partial charge in [0.15, 0.2) is 11.3 Å². The van der Waals surface area contributed by atoms with E-state index in [4.69, 9.17) is 4.74 Å². The van der Waals surface area contributed by atoms with E-state index in [9.17, 15) is 4.79 Å². The van der Waals surface area contributed by atoms with Gasteiger partial charge in [-0.3, -0.25) is 9.79 Å². The molecular formula is C13H16N2O2S. The van der Waals surface area contributed by atoms with Crippen molar-refractivity contribution in [1.82, 2.24) is 5.32 Å². The average Bonchev–Trinajstić information content (AvgIpc) is 2.90. The van der Waals surface area contributed by atoms with Gasteiger partial charge in [0.05, 0.1) is 6.54 Å². The van der Waals surface area contributed by atoms with Crippen LogP contribution in [-0.4, -0.2) is 29.5 Å². The summed E-state index contributed by atoms with van der Waals surface area (Å²) >= 11 is 1.57. The second kappa shape index (κ2) is 6.44. The number of nitrogens with zero attached hydrogens (tertiary/aromatic N) is 1. The molecule has 0 aliphatic carbocycles. The van der Waals surface area contributed by atoms with Crippen LogP contribution < -0.4 is 10.1 Å². The monoisotopic (exact) mass is 264 g/mol. The van der Waals surface area contributed by atoms with E-state index in [1.165, 1.54) is 0 Å². The second-order valence-electron chi connectivity index (χ2n) is 3.85. The zero-order valence-electron chi connectivity index (χ0n) is 10.3. The minimum atomic E-state index is -0.476. The molecule has 1 amide bonds. The zero-order valence-corrected chi connectivity index (χ0v) is 11.1. The van der Waals surface area contributed by atoms with Crippen molar-refractivity contribution in [2.75, 3.05) is 12.3 Å². The fourth-order valence-electron chi connectivity index (χ4n) is 1.58. The Morgan fingerprint density at radius 2 is 2.28 bits per heavy atom. The molecule has 0 saturated carbocycles. The summed E-state index contributed by atoms with van der Waals surface area (Å²) < 4.78 is 5.66. The van der Waals surface area contributed by atoms with E-state index in [1.807, 2.05) is 37.3 Å². The number of carbonyl (C=O) groups excluding carboxylic acids is 1. The van der Waals surface area contributed by atoms with Crippen molar-refractivity contribution < 1.29 is 9.53 Å². The number of amidine groups is 1. The fourth-order valence-corrected chi connectivity index (χ4v) is 2.31. The first-order chi connectivity index (χ1) is 8.79. The lowest BCUT2D eigenvalue weighted by molar-refractivity contribution is -0.126. The van der Waals surface area contributed by atoms with Crippen molar-refractivity contribution in [3.8, 4) is 5.75 Å². The Morgan fingerprint density at radius 3 is 2.89 bits per heavy atom. The number of hydrogen-bond acceptors (Lipinski definition) is 4. The molecule has 0 bridgehead atoms. The van der Waals surface area contributed by atoms with Gasteiger partial charge < -0.3 is 10.1 Å². The summed E-state index contributed by atoms with van der Waals surface area (Å²) in [6.45, 7) is 2.70. The fraction of sp³-hybridized carbons (Fsp3) is 0.385. The Kier molecular flexibility index (Phi) is 4.64. The third-order valence-electron chi connectivity index (χ3n) is 2.50. The van der Waals surface area contributed by atoms with Crippen molar-refractivity contribution in [2.24, 2.45) is 4.99 Å². The third-order valence-corrected chi connectivity index (χ3v) is 3.39. The van der Waals surface area contributed by atoms with Crippen molar-refractivity contribution in [3.63, 3.8) is 0 Å². The van der Waals surface area contributed by atoms with Crippen LogP contribution in [0.25, 0.3) is 0 Å². The van der Waals surface area contributed by atoms with E-state index in [0.29, 0.717) is 17.3 Å². The molecule has 0 radical (unpaired) electrons. The Labute approximate surface area is 111 Å². The van der Waals surface area contributed by atoms with Crippen LogP contribution in [-0.2, 0) is 4.79 Å². The molecule has 4 nitrogen and oxygen atoms in total. The second-order valence-corrected chi connectivity index (χ2v) is 4.94. The summed E-state index contributed by atoms with van der Waals surface area (Å²) in [5.74, 6) is 1.52. The molecule has 1 unspecified atom stereocenters. The number of hydrogen-bond donors (Lipinski definition) is 1. The van der Waals surface area contributed by atoms with Gasteiger partial charge in [-0.15, -0.1) is 0 Å². The summed E-state index contributed by atoms with van der Waals surface area (Å²) in [5.41, 5.74) is 0. The number of thioether (sulfide) groups is 1. The first-order valence-corrected chi connectivity index (χ1v) is 6.98. The van der Waals surface area contributed by atoms with Gasteiger partial charge in [-0.1, -0.05) is 36.9 Å². The SMILES string of the molecule is CCC(Oc1ccccc1)C(=O)NC1=NCCS1. The lowest BCUT2D eigenvalue weighted by atomic mass is 10.2. The number of ether oxygens (including phenoxy) is 1. The highest BCUT2D eigenvalue weighted by molar-refractivity contribution is 8.14. The zero-order chi connectivity index (χ0) is 12.8. The van der Waals surface area contributed by atoms with E-state index in [-0.39, 0.29) is 5.91 Å². The highest BCUT2D eigenvalue weighted by Gasteiger charge is 2.20. The lowest BCUT2D eigenvalue weighted by Gasteiger charge is -2.16. The molecule has 1 atom stereocenters. The normalized spacial score (nSPS) is 15.9. The molecule has 1 aliphatic heterocycles. The maximum absolute atomic E-state index is 12.0. The topological polar surface area (TPSA) is 50.7 Å². The van der Waals surface area contributed by atoms with E-state index in [1.54, 1.807) is 11.8 Å². The number of nitrogens with one attached hydrogen (secondary N) is 1. The Bertz CT molecular complexity index is 434. The minimum Gasteiger partial charge on any atom is -0.481 e. The van der Waals surface area contributed by atoms with E-state index in [0.717, 1.165) is 12.3 Å². The third kappa shape index (κ3) is 3.50. The van der Waals surface area contributed by atoms with Gasteiger partial charge in [-0.05, 0) is 18.6 Å². The molecule has 2 rings (SSSR count). The number of amides is 1. The highest BCUT2D eigenvalue weighted by Crippen LogP contribution is 2.14. The lowest BCUT2D eigenvalue weighted by Crippen LogP contribution is -2.39. The highest BCUT2D eigenvalue weighted by atomic mass is 32.2. The summed E-state index contributed by atoms with van der Waals surface area (Å²) in [4.78, 5) is 16.2. The quantitative estimate of drug-likeness (QED) is 0.905. The maximum Gasteiger partial charge on any atom is 0.266 e. The molecule has 0 spiro atoms. The molecule has 0 saturated heterocycles. The van der Waals surface area contributed by atoms with Crippen LogP contribution in [0, 0.1) is 0 Å². The molecule has 1 aliphatic rings. The van der Waals surface area contributed by atoms with Gasteiger partial charge in [-0.25, -0.2) is 0 Å². The van der Waals surface area contributed by atoms with Crippen LogP contribution in [0.5, 0.6) is 5.75 Å². The molecule has 1 aromatic carbocycles. The van der Waals surface area contributed by atoms with Gasteiger partial charge in [0.2, 0.25) is 0 Å². The molecule has 96 valence electrons. The summed E-state index contributed by atoms with van der Waals surface area (Å²) in [6.07, 6.45) is 0.148. The molecule has 0 aromatic heterocycles. The van der Waals surface area contributed by atoms with Crippen LogP contribution >= 0.6 is 11.8 Å². The maximum atomic E-state index is 12.0. The number of para-hydroxylation sites is 1. The summed E-state index contributed by atoms with van der Waals surface area (Å²) in [6, 6.07) is 9.38. The van der Waals surface area contributed by atoms with E-state index in [2.05, 4.69) is 10.3 Å². The number of aliphatic imine (C=N–C) groups is 1. The molecule has 1 aromatic rings. The summed E-state index contributed by atoms with van der Waals surface area (Å²) in [7, 11) is 0. The number of rotatable bonds is 4. The van der Waals surface area contributed by atoms with Crippen molar-refractivity contribution in [2.45, 2.75) is 19.4 Å². The van der Waals surface area contributed by atoms with Gasteiger partial charge in [-0.2, -0.15) is 0 Å². The average molecular weight is 264 g/mol. The molecule has 5 heteroatoms. The van der Waals surface area contributed by atoms with Crippen LogP contribution in [0.3, 0.4) is 0 Å². The standard InChI is InChI=1S/C13H16N2O2S/c1-2-11(17-10-6-4-3-5-7-10)12(16)15-13-14-8-9-18-13/h3-7,11H,2,8-9H2,1H3,(H,14,15,16). The van der Waals surface area contributed by atoms with Gasteiger partial charge >= 0.3 is 0 Å². The number of benzene rings is 1. The Morgan fingerprint density at radius 1 is 1.50 bits per heavy atom. The molecule has 1 N–H and O–H groups in total. The predicted molar refractivity (Wildman–Crippen MR) is 74.1 cm³/mol. The first kappa shape index (κ1) is 13.0. The minimum absolute atomic E-state index is 0.130. The predicted octanol–water partition coefficient (Wildman–Crippen LogP) is 2.06. The van der Waals surface area contributed by atoms with Crippen LogP contribution in [0.1, 0.15) is 13.3 Å². The van der Waals surface area contributed by atoms with Crippen molar-refractivity contribution in [1.29, 1.82) is 0 Å². The van der Waals surface area contributed by atoms with E-state index < -0.39 is 6.10 Å². The first-order valence-electron chi connectivity index (χ1n) is 5.99. The number of carbonyl (C=O) groups is 1. The van der Waals surface area contributed by atoms with Gasteiger partial charge in [0.1, 0.15) is 5.75 Å². The van der Waals surface area contributed by atoms with Gasteiger partial charge in [0.25, 0.3) is 5.91 Å². The van der Waals surface area contributed by atoms with Crippen LogP contribution in [0.15, 0.2) is 35.3 Å². The molecule has 18 heavy (non-hydrogen) atoms. The molecule has 1 heterocycles. The largest absolute Gasteiger partial charge is 0.481 e. The van der Waals surface area contributed by atoms with Gasteiger partial charge in [0, 0.05) is 5.75 Å². The summed E-state index contributed by atoms with van der Waals surface area (Å²) in [5, 5.41) is 3.50. The molecular weight excluding hydrogens is 248 g/mol. The Balaban J connectivity index is 1.93. The van der Waals surface area contributed by atoms with Crippen molar-refractivity contribution >= 4 is 22.8 Å². The van der Waals surface area contributed by atoms with Crippen LogP contribution in [0.2, 0.25) is 0 Å². The smallest absolute Gasteiger partial charge is 0.266 e. The Hall–Kier alpha value is -1.49. The van der Waals surface area contributed by atoms with E-state index >= 15 is 0 Å². The molecule has 0 fully saturated rings.